The minimum absolute atomic E-state index is 0.0560. The first-order valence-electron chi connectivity index (χ1n) is 9.00. The van der Waals surface area contributed by atoms with E-state index in [9.17, 15) is 9.59 Å². The van der Waals surface area contributed by atoms with Gasteiger partial charge >= 0.3 is 0 Å². The Morgan fingerprint density at radius 2 is 2.04 bits per heavy atom. The zero-order valence-electron chi connectivity index (χ0n) is 14.9. The summed E-state index contributed by atoms with van der Waals surface area (Å²) in [6.45, 7) is 2.50. The number of aromatic nitrogens is 2. The Bertz CT molecular complexity index is 766. The Kier molecular flexibility index (Phi) is 5.88. The molecule has 2 N–H and O–H groups in total. The highest BCUT2D eigenvalue weighted by molar-refractivity contribution is 6.06. The summed E-state index contributed by atoms with van der Waals surface area (Å²) in [6, 6.07) is 7.36. The molecule has 26 heavy (non-hydrogen) atoms. The molecule has 0 unspecified atom stereocenters. The van der Waals surface area contributed by atoms with Crippen molar-refractivity contribution in [1.82, 2.24) is 15.1 Å². The van der Waals surface area contributed by atoms with Gasteiger partial charge < -0.3 is 15.4 Å². The summed E-state index contributed by atoms with van der Waals surface area (Å²) in [5, 5.41) is 9.96. The third-order valence-corrected chi connectivity index (χ3v) is 4.35. The Hall–Kier alpha value is -2.83. The van der Waals surface area contributed by atoms with Crippen LogP contribution in [-0.2, 0) is 11.3 Å². The molecule has 1 aromatic carbocycles. The standard InChI is InChI=1S/C19H24N4O3/c1-2-26-17-10-6-5-9-16(17)19(25)22-15-11-20-23(12-15)13-18(24)21-14-7-3-4-8-14/h5-6,9-12,14H,2-4,7-8,13H2,1H3,(H,21,24)(H,22,25). The number of nitrogens with one attached hydrogen (secondary N) is 2. The first-order valence-corrected chi connectivity index (χ1v) is 9.00. The maximum atomic E-state index is 12.5. The van der Waals surface area contributed by atoms with Crippen molar-refractivity contribution in [3.8, 4) is 5.75 Å². The maximum Gasteiger partial charge on any atom is 0.259 e. The van der Waals surface area contributed by atoms with Crippen LogP contribution in [0.3, 0.4) is 0 Å². The molecular weight excluding hydrogens is 332 g/mol. The van der Waals surface area contributed by atoms with E-state index >= 15 is 0 Å². The number of ether oxygens (including phenoxy) is 1. The number of para-hydroxylation sites is 1. The first kappa shape index (κ1) is 18.0. The Morgan fingerprint density at radius 3 is 2.81 bits per heavy atom. The highest BCUT2D eigenvalue weighted by Crippen LogP contribution is 2.20. The van der Waals surface area contributed by atoms with E-state index < -0.39 is 0 Å². The van der Waals surface area contributed by atoms with Crippen molar-refractivity contribution < 1.29 is 14.3 Å². The number of hydrogen-bond acceptors (Lipinski definition) is 4. The van der Waals surface area contributed by atoms with Gasteiger partial charge in [0.2, 0.25) is 5.91 Å². The predicted molar refractivity (Wildman–Crippen MR) is 98.2 cm³/mol. The fourth-order valence-electron chi connectivity index (χ4n) is 3.14. The zero-order chi connectivity index (χ0) is 18.4. The van der Waals surface area contributed by atoms with Gasteiger partial charge in [-0.25, -0.2) is 0 Å². The summed E-state index contributed by atoms with van der Waals surface area (Å²) in [4.78, 5) is 24.5. The second-order valence-corrected chi connectivity index (χ2v) is 6.36. The highest BCUT2D eigenvalue weighted by Gasteiger charge is 2.18. The van der Waals surface area contributed by atoms with Crippen LogP contribution in [0.4, 0.5) is 5.69 Å². The first-order chi connectivity index (χ1) is 12.7. The third-order valence-electron chi connectivity index (χ3n) is 4.35. The van der Waals surface area contributed by atoms with Crippen molar-refractivity contribution in [2.75, 3.05) is 11.9 Å². The van der Waals surface area contributed by atoms with E-state index in [1.165, 1.54) is 23.7 Å². The smallest absolute Gasteiger partial charge is 0.259 e. The minimum Gasteiger partial charge on any atom is -0.493 e. The Balaban J connectivity index is 1.58. The van der Waals surface area contributed by atoms with Gasteiger partial charge in [0.1, 0.15) is 12.3 Å². The van der Waals surface area contributed by atoms with E-state index in [0.717, 1.165) is 12.8 Å². The number of amides is 2. The molecule has 1 aliphatic carbocycles. The number of nitrogens with zero attached hydrogens (tertiary/aromatic N) is 2. The number of carbonyl (C=O) groups excluding carboxylic acids is 2. The molecule has 0 saturated heterocycles. The van der Waals surface area contributed by atoms with Crippen LogP contribution in [0, 0.1) is 0 Å². The molecule has 1 aliphatic rings. The van der Waals surface area contributed by atoms with E-state index in [4.69, 9.17) is 4.74 Å². The average Bonchev–Trinajstić information content (AvgIpc) is 3.28. The summed E-state index contributed by atoms with van der Waals surface area (Å²) in [7, 11) is 0. The van der Waals surface area contributed by atoms with Crippen LogP contribution in [0.25, 0.3) is 0 Å². The van der Waals surface area contributed by atoms with Crippen LogP contribution in [-0.4, -0.2) is 34.2 Å². The number of benzene rings is 1. The number of carbonyl (C=O) groups is 2. The quantitative estimate of drug-likeness (QED) is 0.798. The van der Waals surface area contributed by atoms with Gasteiger partial charge in [-0.3, -0.25) is 14.3 Å². The molecule has 0 spiro atoms. The lowest BCUT2D eigenvalue weighted by Crippen LogP contribution is -2.35. The Morgan fingerprint density at radius 1 is 1.27 bits per heavy atom. The SMILES string of the molecule is CCOc1ccccc1C(=O)Nc1cnn(CC(=O)NC2CCCC2)c1. The summed E-state index contributed by atoms with van der Waals surface area (Å²) in [5.41, 5.74) is 0.996. The molecule has 0 atom stereocenters. The van der Waals surface area contributed by atoms with Gasteiger partial charge in [-0.1, -0.05) is 25.0 Å². The molecule has 1 saturated carbocycles. The average molecular weight is 356 g/mol. The second-order valence-electron chi connectivity index (χ2n) is 6.36. The van der Waals surface area contributed by atoms with Crippen molar-refractivity contribution in [2.24, 2.45) is 0 Å². The molecule has 3 rings (SSSR count). The monoisotopic (exact) mass is 356 g/mol. The molecule has 7 nitrogen and oxygen atoms in total. The van der Waals surface area contributed by atoms with E-state index in [1.54, 1.807) is 24.4 Å². The van der Waals surface area contributed by atoms with Gasteiger partial charge in [0, 0.05) is 12.2 Å². The van der Waals surface area contributed by atoms with Crippen molar-refractivity contribution in [2.45, 2.75) is 45.2 Å². The molecular formula is C19H24N4O3. The topological polar surface area (TPSA) is 85.2 Å². The Labute approximate surface area is 152 Å². The van der Waals surface area contributed by atoms with E-state index in [1.807, 2.05) is 13.0 Å². The minimum atomic E-state index is -0.274. The van der Waals surface area contributed by atoms with Crippen molar-refractivity contribution >= 4 is 17.5 Å². The van der Waals surface area contributed by atoms with E-state index in [0.29, 0.717) is 23.6 Å². The fourth-order valence-corrected chi connectivity index (χ4v) is 3.14. The number of rotatable bonds is 7. The molecule has 0 radical (unpaired) electrons. The van der Waals surface area contributed by atoms with Crippen LogP contribution in [0.5, 0.6) is 5.75 Å². The molecule has 0 aliphatic heterocycles. The summed E-state index contributed by atoms with van der Waals surface area (Å²) in [6.07, 6.45) is 7.62. The number of hydrogen-bond donors (Lipinski definition) is 2. The van der Waals surface area contributed by atoms with Crippen LogP contribution >= 0.6 is 0 Å². The summed E-state index contributed by atoms with van der Waals surface area (Å²) < 4.78 is 7.00. The number of anilines is 1. The molecule has 138 valence electrons. The van der Waals surface area contributed by atoms with Crippen LogP contribution < -0.4 is 15.4 Å². The fraction of sp³-hybridized carbons (Fsp3) is 0.421. The molecule has 2 aromatic rings. The molecule has 1 heterocycles. The molecule has 7 heteroatoms. The van der Waals surface area contributed by atoms with Crippen molar-refractivity contribution in [1.29, 1.82) is 0 Å². The second kappa shape index (κ2) is 8.51. The normalized spacial score (nSPS) is 14.2. The lowest BCUT2D eigenvalue weighted by atomic mass is 10.2. The van der Waals surface area contributed by atoms with Gasteiger partial charge in [-0.2, -0.15) is 5.10 Å². The maximum absolute atomic E-state index is 12.5. The van der Waals surface area contributed by atoms with Crippen LogP contribution in [0.2, 0.25) is 0 Å². The summed E-state index contributed by atoms with van der Waals surface area (Å²) in [5.74, 6) is 0.208. The van der Waals surface area contributed by atoms with Crippen molar-refractivity contribution in [3.05, 3.63) is 42.2 Å². The largest absolute Gasteiger partial charge is 0.493 e. The highest BCUT2D eigenvalue weighted by atomic mass is 16.5. The van der Waals surface area contributed by atoms with Crippen LogP contribution in [0.1, 0.15) is 43.0 Å². The molecule has 1 aromatic heterocycles. The van der Waals surface area contributed by atoms with Gasteiger partial charge in [-0.05, 0) is 31.9 Å². The van der Waals surface area contributed by atoms with Gasteiger partial charge in [-0.15, -0.1) is 0 Å². The summed E-state index contributed by atoms with van der Waals surface area (Å²) >= 11 is 0. The van der Waals surface area contributed by atoms with Gasteiger partial charge in [0.25, 0.3) is 5.91 Å². The van der Waals surface area contributed by atoms with Crippen LogP contribution in [0.15, 0.2) is 36.7 Å². The van der Waals surface area contributed by atoms with Crippen molar-refractivity contribution in [3.63, 3.8) is 0 Å². The van der Waals surface area contributed by atoms with Gasteiger partial charge in [0.15, 0.2) is 0 Å². The van der Waals surface area contributed by atoms with Gasteiger partial charge in [0.05, 0.1) is 24.1 Å². The molecule has 0 bridgehead atoms. The molecule has 1 fully saturated rings. The molecule has 2 amide bonds. The third kappa shape index (κ3) is 4.62. The predicted octanol–water partition coefficient (Wildman–Crippen LogP) is 2.59. The lowest BCUT2D eigenvalue weighted by molar-refractivity contribution is -0.122. The lowest BCUT2D eigenvalue weighted by Gasteiger charge is -2.11. The van der Waals surface area contributed by atoms with E-state index in [-0.39, 0.29) is 24.4 Å². The van der Waals surface area contributed by atoms with E-state index in [2.05, 4.69) is 15.7 Å². The zero-order valence-corrected chi connectivity index (χ0v) is 14.9.